The normalized spacial score (nSPS) is 11.6. The lowest BCUT2D eigenvalue weighted by Crippen LogP contribution is -2.23. The third-order valence-corrected chi connectivity index (χ3v) is 3.44. The Hall–Kier alpha value is -3.55. The third kappa shape index (κ3) is 4.50. The van der Waals surface area contributed by atoms with E-state index in [1.165, 1.54) is 18.3 Å². The molecular formula is C18H17N5O3. The van der Waals surface area contributed by atoms with Crippen molar-refractivity contribution in [3.63, 3.8) is 0 Å². The highest BCUT2D eigenvalue weighted by molar-refractivity contribution is 5.88. The highest BCUT2D eigenvalue weighted by Crippen LogP contribution is 2.16. The lowest BCUT2D eigenvalue weighted by molar-refractivity contribution is 0.0697. The SMILES string of the molecule is CC(CNc1nccc(-c2cc(C(=O)O)ccn2)n1)Oc1cccnc1. The Morgan fingerprint density at radius 1 is 1.19 bits per heavy atom. The van der Waals surface area contributed by atoms with Gasteiger partial charge in [0, 0.05) is 18.6 Å². The summed E-state index contributed by atoms with van der Waals surface area (Å²) in [7, 11) is 0. The van der Waals surface area contributed by atoms with E-state index in [9.17, 15) is 4.79 Å². The number of carbonyl (C=O) groups is 1. The number of anilines is 1. The molecule has 0 spiro atoms. The Bertz CT molecular complexity index is 889. The van der Waals surface area contributed by atoms with Gasteiger partial charge in [-0.1, -0.05) is 0 Å². The second-order valence-electron chi connectivity index (χ2n) is 5.50. The third-order valence-electron chi connectivity index (χ3n) is 3.44. The highest BCUT2D eigenvalue weighted by Gasteiger charge is 2.09. The Morgan fingerprint density at radius 3 is 2.81 bits per heavy atom. The molecule has 3 rings (SSSR count). The summed E-state index contributed by atoms with van der Waals surface area (Å²) in [5.74, 6) is 0.0836. The van der Waals surface area contributed by atoms with Crippen LogP contribution in [0.2, 0.25) is 0 Å². The summed E-state index contributed by atoms with van der Waals surface area (Å²) in [4.78, 5) is 27.8. The number of carboxylic acids is 1. The fourth-order valence-corrected chi connectivity index (χ4v) is 2.22. The fourth-order valence-electron chi connectivity index (χ4n) is 2.22. The summed E-state index contributed by atoms with van der Waals surface area (Å²) in [5, 5.41) is 12.2. The summed E-state index contributed by atoms with van der Waals surface area (Å²) < 4.78 is 5.73. The van der Waals surface area contributed by atoms with Gasteiger partial charge in [-0.15, -0.1) is 0 Å². The maximum Gasteiger partial charge on any atom is 0.335 e. The molecule has 8 nitrogen and oxygen atoms in total. The number of nitrogens with one attached hydrogen (secondary N) is 1. The standard InChI is InChI=1S/C18H17N5O3/c1-12(26-14-3-2-6-19-11-14)10-22-18-21-8-5-15(23-18)16-9-13(17(24)25)4-7-20-16/h2-9,11-12H,10H2,1H3,(H,24,25)(H,21,22,23). The van der Waals surface area contributed by atoms with Gasteiger partial charge in [0.1, 0.15) is 11.9 Å². The van der Waals surface area contributed by atoms with Gasteiger partial charge in [0.05, 0.1) is 29.7 Å². The van der Waals surface area contributed by atoms with Crippen molar-refractivity contribution in [3.05, 3.63) is 60.7 Å². The van der Waals surface area contributed by atoms with Crippen molar-refractivity contribution >= 4 is 11.9 Å². The van der Waals surface area contributed by atoms with E-state index < -0.39 is 5.97 Å². The number of aromatic carboxylic acids is 1. The molecule has 1 atom stereocenters. The number of carboxylic acid groups (broad SMARTS) is 1. The zero-order chi connectivity index (χ0) is 18.4. The summed E-state index contributed by atoms with van der Waals surface area (Å²) >= 11 is 0. The molecule has 132 valence electrons. The van der Waals surface area contributed by atoms with E-state index >= 15 is 0 Å². The van der Waals surface area contributed by atoms with Crippen molar-refractivity contribution in [1.82, 2.24) is 19.9 Å². The predicted octanol–water partition coefficient (Wildman–Crippen LogP) is 2.51. The van der Waals surface area contributed by atoms with Gasteiger partial charge in [0.2, 0.25) is 5.95 Å². The molecule has 3 aromatic rings. The van der Waals surface area contributed by atoms with Gasteiger partial charge in [-0.3, -0.25) is 9.97 Å². The number of rotatable bonds is 7. The first-order chi connectivity index (χ1) is 12.6. The summed E-state index contributed by atoms with van der Waals surface area (Å²) in [5.41, 5.74) is 1.16. The van der Waals surface area contributed by atoms with Crippen molar-refractivity contribution in [1.29, 1.82) is 0 Å². The van der Waals surface area contributed by atoms with E-state index in [2.05, 4.69) is 25.3 Å². The number of hydrogen-bond acceptors (Lipinski definition) is 7. The number of ether oxygens (including phenoxy) is 1. The van der Waals surface area contributed by atoms with Crippen LogP contribution in [0, 0.1) is 0 Å². The largest absolute Gasteiger partial charge is 0.487 e. The fraction of sp³-hybridized carbons (Fsp3) is 0.167. The van der Waals surface area contributed by atoms with Gasteiger partial charge in [-0.25, -0.2) is 14.8 Å². The minimum Gasteiger partial charge on any atom is -0.487 e. The second-order valence-corrected chi connectivity index (χ2v) is 5.50. The lowest BCUT2D eigenvalue weighted by Gasteiger charge is -2.15. The van der Waals surface area contributed by atoms with Gasteiger partial charge in [-0.2, -0.15) is 0 Å². The first-order valence-electron chi connectivity index (χ1n) is 7.95. The Labute approximate surface area is 150 Å². The molecule has 0 amide bonds. The van der Waals surface area contributed by atoms with E-state index in [0.717, 1.165) is 0 Å². The first kappa shape index (κ1) is 17.3. The average molecular weight is 351 g/mol. The quantitative estimate of drug-likeness (QED) is 0.668. The Kier molecular flexibility index (Phi) is 5.33. The summed E-state index contributed by atoms with van der Waals surface area (Å²) in [6.45, 7) is 2.41. The van der Waals surface area contributed by atoms with Crippen molar-refractivity contribution in [2.24, 2.45) is 0 Å². The zero-order valence-corrected chi connectivity index (χ0v) is 14.0. The van der Waals surface area contributed by atoms with Crippen molar-refractivity contribution in [3.8, 4) is 17.1 Å². The van der Waals surface area contributed by atoms with Gasteiger partial charge in [0.25, 0.3) is 0 Å². The zero-order valence-electron chi connectivity index (χ0n) is 14.0. The summed E-state index contributed by atoms with van der Waals surface area (Å²) in [6.07, 6.45) is 6.24. The van der Waals surface area contributed by atoms with Crippen LogP contribution in [0.25, 0.3) is 11.4 Å². The van der Waals surface area contributed by atoms with E-state index in [0.29, 0.717) is 29.6 Å². The molecule has 0 aliphatic carbocycles. The van der Waals surface area contributed by atoms with Crippen LogP contribution in [0.1, 0.15) is 17.3 Å². The molecule has 3 aromatic heterocycles. The Balaban J connectivity index is 1.66. The molecule has 3 heterocycles. The minimum atomic E-state index is -1.01. The smallest absolute Gasteiger partial charge is 0.335 e. The molecule has 0 aromatic carbocycles. The Morgan fingerprint density at radius 2 is 2.04 bits per heavy atom. The molecule has 26 heavy (non-hydrogen) atoms. The minimum absolute atomic E-state index is 0.125. The molecule has 0 aliphatic heterocycles. The number of pyridine rings is 2. The average Bonchev–Trinajstić information content (AvgIpc) is 2.67. The van der Waals surface area contributed by atoms with Crippen LogP contribution in [0.4, 0.5) is 5.95 Å². The topological polar surface area (TPSA) is 110 Å². The van der Waals surface area contributed by atoms with Gasteiger partial charge < -0.3 is 15.2 Å². The molecular weight excluding hydrogens is 334 g/mol. The van der Waals surface area contributed by atoms with Gasteiger partial charge >= 0.3 is 5.97 Å². The van der Waals surface area contributed by atoms with E-state index in [1.807, 2.05) is 13.0 Å². The predicted molar refractivity (Wildman–Crippen MR) is 95.0 cm³/mol. The molecule has 0 saturated carbocycles. The van der Waals surface area contributed by atoms with Gasteiger partial charge in [0.15, 0.2) is 0 Å². The molecule has 2 N–H and O–H groups in total. The van der Waals surface area contributed by atoms with Crippen LogP contribution in [-0.2, 0) is 0 Å². The lowest BCUT2D eigenvalue weighted by atomic mass is 10.2. The van der Waals surface area contributed by atoms with Crippen molar-refractivity contribution in [2.75, 3.05) is 11.9 Å². The maximum atomic E-state index is 11.1. The molecule has 0 radical (unpaired) electrons. The number of aromatic nitrogens is 4. The van der Waals surface area contributed by atoms with E-state index in [-0.39, 0.29) is 11.7 Å². The van der Waals surface area contributed by atoms with Crippen LogP contribution in [0.3, 0.4) is 0 Å². The summed E-state index contributed by atoms with van der Waals surface area (Å²) in [6, 6.07) is 8.23. The molecule has 0 fully saturated rings. The maximum absolute atomic E-state index is 11.1. The van der Waals surface area contributed by atoms with E-state index in [4.69, 9.17) is 9.84 Å². The van der Waals surface area contributed by atoms with Crippen molar-refractivity contribution in [2.45, 2.75) is 13.0 Å². The second kappa shape index (κ2) is 8.02. The monoisotopic (exact) mass is 351 g/mol. The molecule has 0 saturated heterocycles. The van der Waals surface area contributed by atoms with Crippen molar-refractivity contribution < 1.29 is 14.6 Å². The number of hydrogen-bond donors (Lipinski definition) is 2. The van der Waals surface area contributed by atoms with Crippen LogP contribution >= 0.6 is 0 Å². The van der Waals surface area contributed by atoms with Crippen LogP contribution in [-0.4, -0.2) is 43.7 Å². The van der Waals surface area contributed by atoms with Gasteiger partial charge in [-0.05, 0) is 37.3 Å². The first-order valence-corrected chi connectivity index (χ1v) is 7.95. The number of nitrogens with zero attached hydrogens (tertiary/aromatic N) is 4. The van der Waals surface area contributed by atoms with Crippen LogP contribution in [0.5, 0.6) is 5.75 Å². The highest BCUT2D eigenvalue weighted by atomic mass is 16.5. The van der Waals surface area contributed by atoms with Crippen LogP contribution in [0.15, 0.2) is 55.1 Å². The van der Waals surface area contributed by atoms with Crippen LogP contribution < -0.4 is 10.1 Å². The van der Waals surface area contributed by atoms with E-state index in [1.54, 1.807) is 30.7 Å². The molecule has 0 bridgehead atoms. The molecule has 1 unspecified atom stereocenters. The molecule has 0 aliphatic rings. The molecule has 8 heteroatoms.